The molecule has 0 bridgehead atoms. The van der Waals surface area contributed by atoms with Crippen LogP contribution in [0.15, 0.2) is 60.9 Å². The van der Waals surface area contributed by atoms with Gasteiger partial charge in [-0.3, -0.25) is 4.79 Å². The van der Waals surface area contributed by atoms with Crippen LogP contribution in [-0.2, 0) is 4.74 Å². The van der Waals surface area contributed by atoms with Gasteiger partial charge in [-0.25, -0.2) is 14.8 Å². The van der Waals surface area contributed by atoms with Crippen LogP contribution in [-0.4, -0.2) is 28.5 Å². The summed E-state index contributed by atoms with van der Waals surface area (Å²) >= 11 is 5.87. The molecule has 0 saturated heterocycles. The summed E-state index contributed by atoms with van der Waals surface area (Å²) in [7, 11) is 0. The predicted octanol–water partition coefficient (Wildman–Crippen LogP) is 4.23. The molecule has 136 valence electrons. The Balaban J connectivity index is 1.67. The molecule has 3 aromatic rings. The van der Waals surface area contributed by atoms with Crippen molar-refractivity contribution in [1.82, 2.24) is 9.97 Å². The monoisotopic (exact) mass is 381 g/mol. The van der Waals surface area contributed by atoms with Crippen molar-refractivity contribution < 1.29 is 14.3 Å². The number of aromatic nitrogens is 2. The SMILES string of the molecule is CCOC(=O)c1ccc(NC(=O)c2cnc(-c3ccc(Cl)cc3)nc2)cc1. The van der Waals surface area contributed by atoms with Gasteiger partial charge < -0.3 is 10.1 Å². The van der Waals surface area contributed by atoms with E-state index in [1.54, 1.807) is 43.3 Å². The van der Waals surface area contributed by atoms with Crippen molar-refractivity contribution in [3.8, 4) is 11.4 Å². The molecule has 0 spiro atoms. The number of rotatable bonds is 5. The van der Waals surface area contributed by atoms with Gasteiger partial charge in [-0.05, 0) is 55.5 Å². The Morgan fingerprint density at radius 2 is 1.59 bits per heavy atom. The van der Waals surface area contributed by atoms with Crippen molar-refractivity contribution >= 4 is 29.2 Å². The maximum atomic E-state index is 12.3. The minimum Gasteiger partial charge on any atom is -0.462 e. The Kier molecular flexibility index (Phi) is 5.78. The van der Waals surface area contributed by atoms with Gasteiger partial charge in [0.15, 0.2) is 5.82 Å². The normalized spacial score (nSPS) is 10.3. The summed E-state index contributed by atoms with van der Waals surface area (Å²) in [6, 6.07) is 13.6. The molecule has 1 heterocycles. The lowest BCUT2D eigenvalue weighted by Gasteiger charge is -2.07. The van der Waals surface area contributed by atoms with Gasteiger partial charge in [0.1, 0.15) is 0 Å². The van der Waals surface area contributed by atoms with Crippen LogP contribution >= 0.6 is 11.6 Å². The Bertz CT molecular complexity index is 940. The molecule has 0 fully saturated rings. The fourth-order valence-electron chi connectivity index (χ4n) is 2.30. The minimum absolute atomic E-state index is 0.309. The number of halogens is 1. The Morgan fingerprint density at radius 1 is 0.963 bits per heavy atom. The highest BCUT2D eigenvalue weighted by Crippen LogP contribution is 2.18. The second kappa shape index (κ2) is 8.42. The van der Waals surface area contributed by atoms with Crippen LogP contribution in [0.5, 0.6) is 0 Å². The van der Waals surface area contributed by atoms with Gasteiger partial charge in [-0.15, -0.1) is 0 Å². The molecule has 7 heteroatoms. The molecular formula is C20H16ClN3O3. The largest absolute Gasteiger partial charge is 0.462 e. The van der Waals surface area contributed by atoms with Crippen molar-refractivity contribution in [3.63, 3.8) is 0 Å². The van der Waals surface area contributed by atoms with E-state index in [1.165, 1.54) is 12.4 Å². The first kappa shape index (κ1) is 18.5. The van der Waals surface area contributed by atoms with E-state index in [1.807, 2.05) is 12.1 Å². The van der Waals surface area contributed by atoms with Crippen LogP contribution in [0.1, 0.15) is 27.6 Å². The van der Waals surface area contributed by atoms with Crippen molar-refractivity contribution in [3.05, 3.63) is 77.1 Å². The van der Waals surface area contributed by atoms with Gasteiger partial charge in [0.25, 0.3) is 5.91 Å². The van der Waals surface area contributed by atoms with Crippen LogP contribution in [0, 0.1) is 0 Å². The zero-order chi connectivity index (χ0) is 19.2. The lowest BCUT2D eigenvalue weighted by molar-refractivity contribution is 0.0526. The molecule has 0 atom stereocenters. The number of carbonyl (C=O) groups is 2. The van der Waals surface area contributed by atoms with Crippen molar-refractivity contribution in [1.29, 1.82) is 0 Å². The lowest BCUT2D eigenvalue weighted by Crippen LogP contribution is -2.13. The van der Waals surface area contributed by atoms with E-state index in [0.717, 1.165) is 5.56 Å². The van der Waals surface area contributed by atoms with Crippen molar-refractivity contribution in [2.75, 3.05) is 11.9 Å². The first-order chi connectivity index (χ1) is 13.1. The number of ether oxygens (including phenoxy) is 1. The molecule has 2 aromatic carbocycles. The number of amides is 1. The molecule has 6 nitrogen and oxygen atoms in total. The van der Waals surface area contributed by atoms with Crippen LogP contribution < -0.4 is 5.32 Å². The maximum Gasteiger partial charge on any atom is 0.338 e. The summed E-state index contributed by atoms with van der Waals surface area (Å²) in [6.07, 6.45) is 2.92. The summed E-state index contributed by atoms with van der Waals surface area (Å²) in [5.74, 6) is -0.245. The summed E-state index contributed by atoms with van der Waals surface area (Å²) in [5.41, 5.74) is 2.10. The zero-order valence-corrected chi connectivity index (χ0v) is 15.2. The molecule has 1 amide bonds. The topological polar surface area (TPSA) is 81.2 Å². The Hall–Kier alpha value is -3.25. The number of benzene rings is 2. The second-order valence-corrected chi connectivity index (χ2v) is 5.99. The summed E-state index contributed by atoms with van der Waals surface area (Å²) in [6.45, 7) is 2.05. The van der Waals surface area contributed by atoms with Crippen LogP contribution in [0.4, 0.5) is 5.69 Å². The quantitative estimate of drug-likeness (QED) is 0.669. The molecule has 0 aliphatic carbocycles. The molecule has 27 heavy (non-hydrogen) atoms. The Morgan fingerprint density at radius 3 is 2.19 bits per heavy atom. The highest BCUT2D eigenvalue weighted by molar-refractivity contribution is 6.30. The smallest absolute Gasteiger partial charge is 0.338 e. The third-order valence-electron chi connectivity index (χ3n) is 3.67. The van der Waals surface area contributed by atoms with Gasteiger partial charge in [-0.1, -0.05) is 11.6 Å². The molecule has 0 unspecified atom stereocenters. The molecule has 3 rings (SSSR count). The standard InChI is InChI=1S/C20H16ClN3O3/c1-2-27-20(26)14-5-9-17(10-6-14)24-19(25)15-11-22-18(23-12-15)13-3-7-16(21)8-4-13/h3-12H,2H2,1H3,(H,24,25). The van der Waals surface area contributed by atoms with Crippen LogP contribution in [0.2, 0.25) is 5.02 Å². The number of carbonyl (C=O) groups excluding carboxylic acids is 2. The molecule has 0 aliphatic rings. The van der Waals surface area contributed by atoms with E-state index < -0.39 is 5.97 Å². The van der Waals surface area contributed by atoms with Gasteiger partial charge >= 0.3 is 5.97 Å². The summed E-state index contributed by atoms with van der Waals surface area (Å²) < 4.78 is 4.92. The molecule has 1 aromatic heterocycles. The Labute approximate surface area is 161 Å². The van der Waals surface area contributed by atoms with E-state index in [-0.39, 0.29) is 5.91 Å². The third-order valence-corrected chi connectivity index (χ3v) is 3.92. The van der Waals surface area contributed by atoms with Gasteiger partial charge in [0.05, 0.1) is 17.7 Å². The highest BCUT2D eigenvalue weighted by atomic mass is 35.5. The number of hydrogen-bond donors (Lipinski definition) is 1. The second-order valence-electron chi connectivity index (χ2n) is 5.55. The fraction of sp³-hybridized carbons (Fsp3) is 0.100. The summed E-state index contributed by atoms with van der Waals surface area (Å²) in [5, 5.41) is 3.36. The minimum atomic E-state index is -0.401. The molecule has 1 N–H and O–H groups in total. The number of nitrogens with zero attached hydrogens (tertiary/aromatic N) is 2. The first-order valence-corrected chi connectivity index (χ1v) is 8.61. The van der Waals surface area contributed by atoms with Gasteiger partial charge in [0.2, 0.25) is 0 Å². The van der Waals surface area contributed by atoms with E-state index in [4.69, 9.17) is 16.3 Å². The molecular weight excluding hydrogens is 366 g/mol. The average molecular weight is 382 g/mol. The van der Waals surface area contributed by atoms with Crippen molar-refractivity contribution in [2.24, 2.45) is 0 Å². The van der Waals surface area contributed by atoms with E-state index in [0.29, 0.717) is 34.3 Å². The first-order valence-electron chi connectivity index (χ1n) is 8.23. The van der Waals surface area contributed by atoms with Gasteiger partial charge in [-0.2, -0.15) is 0 Å². The number of anilines is 1. The van der Waals surface area contributed by atoms with E-state index in [2.05, 4.69) is 15.3 Å². The summed E-state index contributed by atoms with van der Waals surface area (Å²) in [4.78, 5) is 32.4. The molecule has 0 aliphatic heterocycles. The maximum absolute atomic E-state index is 12.3. The average Bonchev–Trinajstić information content (AvgIpc) is 2.69. The number of esters is 1. The van der Waals surface area contributed by atoms with Crippen LogP contribution in [0.3, 0.4) is 0 Å². The van der Waals surface area contributed by atoms with Crippen LogP contribution in [0.25, 0.3) is 11.4 Å². The number of hydrogen-bond acceptors (Lipinski definition) is 5. The van der Waals surface area contributed by atoms with Crippen molar-refractivity contribution in [2.45, 2.75) is 6.92 Å². The third kappa shape index (κ3) is 4.68. The molecule has 0 saturated carbocycles. The van der Waals surface area contributed by atoms with E-state index >= 15 is 0 Å². The van der Waals surface area contributed by atoms with Gasteiger partial charge in [0, 0.05) is 28.7 Å². The highest BCUT2D eigenvalue weighted by Gasteiger charge is 2.10. The molecule has 0 radical (unpaired) electrons. The lowest BCUT2D eigenvalue weighted by atomic mass is 10.2. The zero-order valence-electron chi connectivity index (χ0n) is 14.5. The fourth-order valence-corrected chi connectivity index (χ4v) is 2.43. The number of nitrogens with one attached hydrogen (secondary N) is 1. The van der Waals surface area contributed by atoms with E-state index in [9.17, 15) is 9.59 Å². The predicted molar refractivity (Wildman–Crippen MR) is 103 cm³/mol.